The van der Waals surface area contributed by atoms with Crippen molar-refractivity contribution < 1.29 is 4.79 Å². The molecule has 0 saturated heterocycles. The molecule has 0 spiro atoms. The first-order valence-corrected chi connectivity index (χ1v) is 6.51. The summed E-state index contributed by atoms with van der Waals surface area (Å²) in [7, 11) is 0. The first-order chi connectivity index (χ1) is 9.33. The number of aryl methyl sites for hydroxylation is 1. The van der Waals surface area contributed by atoms with Crippen LogP contribution >= 0.6 is 0 Å². The zero-order chi connectivity index (χ0) is 14.7. The number of pyridine rings is 1. The van der Waals surface area contributed by atoms with Crippen molar-refractivity contribution in [3.63, 3.8) is 0 Å². The molecule has 6 heteroatoms. The summed E-state index contributed by atoms with van der Waals surface area (Å²) in [6.07, 6.45) is 3.27. The Morgan fingerprint density at radius 1 is 1.40 bits per heavy atom. The molecule has 6 nitrogen and oxygen atoms in total. The molecule has 1 aliphatic carbocycles. The molecule has 1 aliphatic rings. The normalized spacial score (nSPS) is 16.4. The zero-order valence-electron chi connectivity index (χ0n) is 11.6. The highest BCUT2D eigenvalue weighted by molar-refractivity contribution is 6.04. The molecule has 0 unspecified atom stereocenters. The van der Waals surface area contributed by atoms with Crippen molar-refractivity contribution in [1.82, 2.24) is 14.5 Å². The molecule has 0 atom stereocenters. The second-order valence-corrected chi connectivity index (χ2v) is 5.65. The highest BCUT2D eigenvalue weighted by Crippen LogP contribution is 2.42. The lowest BCUT2D eigenvalue weighted by Gasteiger charge is -2.15. The molecule has 3 rings (SSSR count). The SMILES string of the molecule is CC(=O)c1c(=O)n(C2(C)CC2)cc2c(=O)[nH]c(C)nc12. The predicted molar refractivity (Wildman–Crippen MR) is 74.2 cm³/mol. The Kier molecular flexibility index (Phi) is 2.48. The fourth-order valence-corrected chi connectivity index (χ4v) is 2.45. The molecule has 0 amide bonds. The van der Waals surface area contributed by atoms with Crippen LogP contribution in [0.25, 0.3) is 10.9 Å². The third-order valence-corrected chi connectivity index (χ3v) is 3.91. The summed E-state index contributed by atoms with van der Waals surface area (Å²) in [4.78, 5) is 43.2. The minimum atomic E-state index is -0.365. The molecule has 2 aromatic rings. The number of aromatic nitrogens is 3. The molecular weight excluding hydrogens is 258 g/mol. The average Bonchev–Trinajstić information content (AvgIpc) is 3.06. The van der Waals surface area contributed by atoms with Gasteiger partial charge < -0.3 is 9.55 Å². The summed E-state index contributed by atoms with van der Waals surface area (Å²) in [6.45, 7) is 4.90. The summed E-state index contributed by atoms with van der Waals surface area (Å²) in [5.74, 6) is 0.0240. The summed E-state index contributed by atoms with van der Waals surface area (Å²) in [5.41, 5.74) is -0.767. The number of hydrogen-bond acceptors (Lipinski definition) is 4. The van der Waals surface area contributed by atoms with E-state index in [4.69, 9.17) is 0 Å². The first kappa shape index (κ1) is 12.8. The highest BCUT2D eigenvalue weighted by Gasteiger charge is 2.41. The number of H-pyrrole nitrogens is 1. The van der Waals surface area contributed by atoms with Crippen LogP contribution in [-0.4, -0.2) is 20.3 Å². The molecule has 1 saturated carbocycles. The van der Waals surface area contributed by atoms with Crippen LogP contribution in [0.4, 0.5) is 0 Å². The molecule has 1 fully saturated rings. The quantitative estimate of drug-likeness (QED) is 0.830. The Morgan fingerprint density at radius 2 is 2.05 bits per heavy atom. The van der Waals surface area contributed by atoms with Crippen LogP contribution in [0, 0.1) is 6.92 Å². The van der Waals surface area contributed by atoms with Gasteiger partial charge in [-0.1, -0.05) is 0 Å². The van der Waals surface area contributed by atoms with E-state index in [9.17, 15) is 14.4 Å². The van der Waals surface area contributed by atoms with Crippen molar-refractivity contribution in [3.8, 4) is 0 Å². The summed E-state index contributed by atoms with van der Waals surface area (Å²) in [5, 5.41) is 0.286. The number of hydrogen-bond donors (Lipinski definition) is 1. The Labute approximate surface area is 114 Å². The average molecular weight is 273 g/mol. The Hall–Kier alpha value is -2.24. The number of carbonyl (C=O) groups is 1. The second-order valence-electron chi connectivity index (χ2n) is 5.65. The smallest absolute Gasteiger partial charge is 0.264 e. The number of fused-ring (bicyclic) bond motifs is 1. The molecule has 2 heterocycles. The number of aromatic amines is 1. The molecular formula is C14H15N3O3. The van der Waals surface area contributed by atoms with E-state index in [0.29, 0.717) is 5.82 Å². The number of carbonyl (C=O) groups excluding carboxylic acids is 1. The van der Waals surface area contributed by atoms with Gasteiger partial charge in [0.15, 0.2) is 5.78 Å². The molecule has 2 aromatic heterocycles. The molecule has 104 valence electrons. The van der Waals surface area contributed by atoms with Gasteiger partial charge in [0.2, 0.25) is 0 Å². The minimum Gasteiger partial charge on any atom is -0.310 e. The lowest BCUT2D eigenvalue weighted by Crippen LogP contribution is -2.33. The van der Waals surface area contributed by atoms with E-state index in [1.54, 1.807) is 6.92 Å². The molecule has 1 N–H and O–H groups in total. The largest absolute Gasteiger partial charge is 0.310 e. The Bertz CT molecular complexity index is 856. The summed E-state index contributed by atoms with van der Waals surface area (Å²) in [6, 6.07) is 0. The van der Waals surface area contributed by atoms with E-state index >= 15 is 0 Å². The molecule has 0 bridgehead atoms. The van der Waals surface area contributed by atoms with E-state index < -0.39 is 0 Å². The zero-order valence-corrected chi connectivity index (χ0v) is 11.6. The van der Waals surface area contributed by atoms with Crippen LogP contribution < -0.4 is 11.1 Å². The van der Waals surface area contributed by atoms with E-state index in [0.717, 1.165) is 12.8 Å². The van der Waals surface area contributed by atoms with E-state index in [1.165, 1.54) is 17.7 Å². The van der Waals surface area contributed by atoms with Gasteiger partial charge in [0, 0.05) is 11.7 Å². The number of rotatable bonds is 2. The van der Waals surface area contributed by atoms with Crippen molar-refractivity contribution in [2.45, 2.75) is 39.2 Å². The van der Waals surface area contributed by atoms with Gasteiger partial charge in [-0.15, -0.1) is 0 Å². The van der Waals surface area contributed by atoms with Crippen molar-refractivity contribution in [3.05, 3.63) is 38.3 Å². The van der Waals surface area contributed by atoms with Crippen molar-refractivity contribution in [2.24, 2.45) is 0 Å². The molecule has 0 radical (unpaired) electrons. The van der Waals surface area contributed by atoms with Crippen LogP contribution in [-0.2, 0) is 5.54 Å². The fourth-order valence-electron chi connectivity index (χ4n) is 2.45. The van der Waals surface area contributed by atoms with Gasteiger partial charge in [-0.25, -0.2) is 4.98 Å². The molecule has 0 aliphatic heterocycles. The topological polar surface area (TPSA) is 84.8 Å². The Morgan fingerprint density at radius 3 is 2.60 bits per heavy atom. The highest BCUT2D eigenvalue weighted by atomic mass is 16.1. The summed E-state index contributed by atoms with van der Waals surface area (Å²) >= 11 is 0. The standard InChI is InChI=1S/C14H15N3O3/c1-7(18)10-11-9(12(19)16-8(2)15-11)6-17(13(10)20)14(3)4-5-14/h6H,4-5H2,1-3H3,(H,15,16,19). The van der Waals surface area contributed by atoms with Crippen molar-refractivity contribution in [2.75, 3.05) is 0 Å². The lowest BCUT2D eigenvalue weighted by atomic mass is 10.1. The number of ketones is 1. The maximum Gasteiger partial charge on any atom is 0.264 e. The molecule has 20 heavy (non-hydrogen) atoms. The minimum absolute atomic E-state index is 0.00447. The van der Waals surface area contributed by atoms with Crippen LogP contribution in [0.15, 0.2) is 15.8 Å². The van der Waals surface area contributed by atoms with Gasteiger partial charge >= 0.3 is 0 Å². The first-order valence-electron chi connectivity index (χ1n) is 6.51. The van der Waals surface area contributed by atoms with Gasteiger partial charge in [-0.3, -0.25) is 14.4 Å². The van der Waals surface area contributed by atoms with Crippen LogP contribution in [0.5, 0.6) is 0 Å². The van der Waals surface area contributed by atoms with Gasteiger partial charge in [0.25, 0.3) is 11.1 Å². The third kappa shape index (κ3) is 1.71. The maximum atomic E-state index is 12.5. The van der Waals surface area contributed by atoms with E-state index in [2.05, 4.69) is 9.97 Å². The van der Waals surface area contributed by atoms with Crippen molar-refractivity contribution in [1.29, 1.82) is 0 Å². The second kappa shape index (κ2) is 3.88. The Balaban J connectivity index is 2.53. The van der Waals surface area contributed by atoms with Gasteiger partial charge in [-0.05, 0) is 33.6 Å². The number of nitrogens with one attached hydrogen (secondary N) is 1. The van der Waals surface area contributed by atoms with Gasteiger partial charge in [0.1, 0.15) is 11.4 Å². The number of Topliss-reactive ketones (excluding diaryl/α,β-unsaturated/α-hetero) is 1. The van der Waals surface area contributed by atoms with Gasteiger partial charge in [0.05, 0.1) is 10.9 Å². The van der Waals surface area contributed by atoms with E-state index in [-0.39, 0.29) is 38.9 Å². The fraction of sp³-hybridized carbons (Fsp3) is 0.429. The van der Waals surface area contributed by atoms with E-state index in [1.807, 2.05) is 6.92 Å². The van der Waals surface area contributed by atoms with Crippen molar-refractivity contribution >= 4 is 16.7 Å². The predicted octanol–water partition coefficient (Wildman–Crippen LogP) is 1.10. The lowest BCUT2D eigenvalue weighted by molar-refractivity contribution is 0.101. The molecule has 0 aromatic carbocycles. The summed E-state index contributed by atoms with van der Waals surface area (Å²) < 4.78 is 1.51. The monoisotopic (exact) mass is 273 g/mol. The van der Waals surface area contributed by atoms with Crippen LogP contribution in [0.1, 0.15) is 42.9 Å². The maximum absolute atomic E-state index is 12.5. The third-order valence-electron chi connectivity index (χ3n) is 3.91. The number of nitrogens with zero attached hydrogens (tertiary/aromatic N) is 2. The van der Waals surface area contributed by atoms with Crippen LogP contribution in [0.2, 0.25) is 0 Å². The van der Waals surface area contributed by atoms with Crippen LogP contribution in [0.3, 0.4) is 0 Å². The van der Waals surface area contributed by atoms with Gasteiger partial charge in [-0.2, -0.15) is 0 Å².